The van der Waals surface area contributed by atoms with Crippen molar-refractivity contribution in [2.24, 2.45) is 16.7 Å². The number of H-pyrrole nitrogens is 2. The minimum absolute atomic E-state index is 0.00808. The molecule has 3 aromatic rings. The number of carbonyl (C=O) groups excluding carboxylic acids is 4. The minimum atomic E-state index is -0.629. The maximum atomic E-state index is 14.5. The van der Waals surface area contributed by atoms with Gasteiger partial charge in [0, 0.05) is 86.1 Å². The first-order valence-corrected chi connectivity index (χ1v) is 17.7. The Labute approximate surface area is 290 Å². The summed E-state index contributed by atoms with van der Waals surface area (Å²) in [5.41, 5.74) is 5.12. The summed E-state index contributed by atoms with van der Waals surface area (Å²) in [6.07, 6.45) is 6.37. The lowest BCUT2D eigenvalue weighted by molar-refractivity contribution is -0.212. The van der Waals surface area contributed by atoms with Crippen molar-refractivity contribution in [1.82, 2.24) is 25.1 Å². The molecule has 9 rings (SSSR count). The molecule has 1 saturated heterocycles. The lowest BCUT2D eigenvalue weighted by Gasteiger charge is -2.69. The Kier molecular flexibility index (Phi) is 7.02. The number of halogens is 1. The summed E-state index contributed by atoms with van der Waals surface area (Å²) >= 11 is 6.54. The maximum Gasteiger partial charge on any atom is 0.415 e. The first-order valence-electron chi connectivity index (χ1n) is 17.2. The van der Waals surface area contributed by atoms with Crippen LogP contribution in [0.15, 0.2) is 30.2 Å². The second-order valence-corrected chi connectivity index (χ2v) is 15.7. The Bertz CT molecular complexity index is 1990. The number of hydrogen-bond donors (Lipinski definition) is 3. The predicted octanol–water partition coefficient (Wildman–Crippen LogP) is 5.12. The molecular formula is C37H43ClN6O5. The number of hydrogen-bond acceptors (Lipinski definition) is 6. The average Bonchev–Trinajstić information content (AvgIpc) is 3.78. The number of nitrogens with one attached hydrogen (secondary N) is 3. The Balaban J connectivity index is 1.06. The number of benzene rings is 1. The maximum absolute atomic E-state index is 14.5. The number of carbonyl (C=O) groups is 4. The molecule has 2 aliphatic heterocycles. The molecule has 4 fully saturated rings. The number of amides is 3. The third kappa shape index (κ3) is 4.18. The van der Waals surface area contributed by atoms with E-state index in [9.17, 15) is 19.2 Å². The van der Waals surface area contributed by atoms with E-state index in [1.54, 1.807) is 19.2 Å². The molecule has 3 atom stereocenters. The van der Waals surface area contributed by atoms with Crippen LogP contribution in [0, 0.1) is 30.6 Å². The number of aryl methyl sites for hydroxylation is 2. The molecule has 258 valence electrons. The molecule has 2 aromatic heterocycles. The number of allylic oxidation sites excluding steroid dienone is 2. The topological polar surface area (TPSA) is 131 Å². The number of aromatic amines is 2. The van der Waals surface area contributed by atoms with Crippen LogP contribution in [0.1, 0.15) is 71.8 Å². The van der Waals surface area contributed by atoms with Gasteiger partial charge in [-0.1, -0.05) is 6.92 Å². The number of rotatable bonds is 7. The van der Waals surface area contributed by atoms with E-state index in [2.05, 4.69) is 29.1 Å². The lowest BCUT2D eigenvalue weighted by Crippen LogP contribution is -2.72. The Morgan fingerprint density at radius 2 is 1.73 bits per heavy atom. The number of alkyl halides is 1. The highest BCUT2D eigenvalue weighted by Gasteiger charge is 2.77. The summed E-state index contributed by atoms with van der Waals surface area (Å²) in [4.78, 5) is 66.6. The van der Waals surface area contributed by atoms with Gasteiger partial charge in [-0.2, -0.15) is 0 Å². The summed E-state index contributed by atoms with van der Waals surface area (Å²) in [7, 11) is 3.51. The van der Waals surface area contributed by atoms with Gasteiger partial charge in [-0.25, -0.2) is 4.79 Å². The fourth-order valence-electron chi connectivity index (χ4n) is 9.73. The number of likely N-dealkylation sites (N-methyl/N-ethyl adjacent to an activating group) is 2. The van der Waals surface area contributed by atoms with Gasteiger partial charge in [-0.3, -0.25) is 14.4 Å². The standard InChI is InChI=1S/C37H43ClN6O5/c1-19-12-41-31-25(49-34(48)42(6)8-7-39-5)9-23-28(27(19)31)22(11-38)15-43(23)32(46)36-16-37(17-36,18-36)33(47)44-14-21(3)35(4)26(44)10-24(45)30-29(35)20(2)13-40-30/h9-10,12-13,21-22,39-41H,7-8,11,14-18H2,1-6H3/t21?,22-,35?,36?,37?/m1/s1. The number of ketones is 1. The fourth-order valence-corrected chi connectivity index (χ4v) is 9.98. The predicted molar refractivity (Wildman–Crippen MR) is 186 cm³/mol. The Morgan fingerprint density at radius 3 is 2.41 bits per heavy atom. The highest BCUT2D eigenvalue weighted by molar-refractivity contribution is 6.19. The van der Waals surface area contributed by atoms with E-state index in [1.165, 1.54) is 4.90 Å². The van der Waals surface area contributed by atoms with E-state index in [4.69, 9.17) is 16.3 Å². The van der Waals surface area contributed by atoms with Gasteiger partial charge in [-0.05, 0) is 75.3 Å². The molecule has 6 aliphatic rings. The average molecular weight is 687 g/mol. The van der Waals surface area contributed by atoms with Crippen molar-refractivity contribution in [2.75, 3.05) is 51.1 Å². The third-order valence-electron chi connectivity index (χ3n) is 12.4. The number of aromatic nitrogens is 2. The van der Waals surface area contributed by atoms with Gasteiger partial charge in [0.2, 0.25) is 17.6 Å². The van der Waals surface area contributed by atoms with Crippen LogP contribution in [0.3, 0.4) is 0 Å². The molecule has 3 amide bonds. The zero-order valence-corrected chi connectivity index (χ0v) is 29.6. The van der Waals surface area contributed by atoms with Crippen molar-refractivity contribution < 1.29 is 23.9 Å². The summed E-state index contributed by atoms with van der Waals surface area (Å²) in [5.74, 6) is 0.643. The molecule has 49 heavy (non-hydrogen) atoms. The number of fused-ring (bicyclic) bond motifs is 6. The van der Waals surface area contributed by atoms with Gasteiger partial charge in [0.05, 0.1) is 27.7 Å². The highest BCUT2D eigenvalue weighted by atomic mass is 35.5. The molecular weight excluding hydrogens is 644 g/mol. The lowest BCUT2D eigenvalue weighted by atomic mass is 9.34. The second kappa shape index (κ2) is 10.7. The molecule has 4 heterocycles. The van der Waals surface area contributed by atoms with Gasteiger partial charge in [0.15, 0.2) is 5.75 Å². The molecule has 3 N–H and O–H groups in total. The smallest absolute Gasteiger partial charge is 0.408 e. The molecule has 3 saturated carbocycles. The third-order valence-corrected chi connectivity index (χ3v) is 12.8. The Morgan fingerprint density at radius 1 is 1.06 bits per heavy atom. The summed E-state index contributed by atoms with van der Waals surface area (Å²) < 4.78 is 5.93. The van der Waals surface area contributed by atoms with Gasteiger partial charge in [0.25, 0.3) is 0 Å². The first-order chi connectivity index (χ1) is 23.3. The van der Waals surface area contributed by atoms with Gasteiger partial charge in [-0.15, -0.1) is 11.6 Å². The zero-order chi connectivity index (χ0) is 34.8. The van der Waals surface area contributed by atoms with Crippen LogP contribution in [0.25, 0.3) is 10.9 Å². The van der Waals surface area contributed by atoms with E-state index in [1.807, 2.05) is 43.1 Å². The zero-order valence-electron chi connectivity index (χ0n) is 28.9. The van der Waals surface area contributed by atoms with Crippen molar-refractivity contribution in [3.8, 4) is 5.75 Å². The minimum Gasteiger partial charge on any atom is -0.408 e. The van der Waals surface area contributed by atoms with Gasteiger partial charge >= 0.3 is 6.09 Å². The number of anilines is 1. The molecule has 12 heteroatoms. The normalized spacial score (nSPS) is 29.2. The van der Waals surface area contributed by atoms with Crippen molar-refractivity contribution in [1.29, 1.82) is 0 Å². The summed E-state index contributed by atoms with van der Waals surface area (Å²) in [6, 6.07) is 1.80. The summed E-state index contributed by atoms with van der Waals surface area (Å²) in [6.45, 7) is 10.4. The SMILES string of the molecule is CNCCN(C)C(=O)Oc1cc2c(c3c(C)c[nH]c13)[C@H](CCl)CN2C(=O)C12CC(C(=O)N3CC(C)C4(C)C3=CC(=O)c3[nH]cc(C)c34)(C1)C2. The van der Waals surface area contributed by atoms with Crippen LogP contribution >= 0.6 is 11.6 Å². The van der Waals surface area contributed by atoms with Crippen LogP contribution in [0.4, 0.5) is 10.5 Å². The summed E-state index contributed by atoms with van der Waals surface area (Å²) in [5, 5.41) is 3.96. The van der Waals surface area contributed by atoms with Crippen molar-refractivity contribution in [3.63, 3.8) is 0 Å². The van der Waals surface area contributed by atoms with Crippen molar-refractivity contribution in [2.45, 2.75) is 58.3 Å². The number of nitrogens with zero attached hydrogens (tertiary/aromatic N) is 3. The van der Waals surface area contributed by atoms with Crippen LogP contribution < -0.4 is 15.0 Å². The van der Waals surface area contributed by atoms with E-state index in [-0.39, 0.29) is 29.4 Å². The molecule has 2 unspecified atom stereocenters. The monoisotopic (exact) mass is 686 g/mol. The quantitative estimate of drug-likeness (QED) is 0.296. The second-order valence-electron chi connectivity index (χ2n) is 15.4. The van der Waals surface area contributed by atoms with Gasteiger partial charge in [0.1, 0.15) is 0 Å². The number of likely N-dealkylation sites (tertiary alicyclic amines) is 1. The van der Waals surface area contributed by atoms with Crippen molar-refractivity contribution in [3.05, 3.63) is 58.2 Å². The Hall–Kier alpha value is -4.09. The largest absolute Gasteiger partial charge is 0.415 e. The number of ether oxygens (including phenoxy) is 1. The van der Waals surface area contributed by atoms with E-state index >= 15 is 0 Å². The van der Waals surface area contributed by atoms with E-state index < -0.39 is 22.3 Å². The van der Waals surface area contributed by atoms with E-state index in [0.717, 1.165) is 33.3 Å². The first kappa shape index (κ1) is 32.1. The van der Waals surface area contributed by atoms with Crippen LogP contribution in [-0.2, 0) is 15.0 Å². The molecule has 0 spiro atoms. The highest BCUT2D eigenvalue weighted by Crippen LogP contribution is 2.75. The van der Waals surface area contributed by atoms with Crippen LogP contribution in [0.5, 0.6) is 5.75 Å². The van der Waals surface area contributed by atoms with Crippen LogP contribution in [0.2, 0.25) is 0 Å². The van der Waals surface area contributed by atoms with Crippen LogP contribution in [-0.4, -0.2) is 89.6 Å². The molecule has 2 bridgehead atoms. The molecule has 1 aromatic carbocycles. The molecule has 0 radical (unpaired) electrons. The molecule has 11 nitrogen and oxygen atoms in total. The van der Waals surface area contributed by atoms with E-state index in [0.29, 0.717) is 74.0 Å². The van der Waals surface area contributed by atoms with Gasteiger partial charge < -0.3 is 34.7 Å². The molecule has 4 aliphatic carbocycles. The van der Waals surface area contributed by atoms with Crippen molar-refractivity contribution >= 4 is 51.9 Å². The fraction of sp³-hybridized carbons (Fsp3) is 0.514.